The molecule has 1 amide bonds. The molecule has 0 aromatic rings. The van der Waals surface area contributed by atoms with E-state index in [0.717, 1.165) is 38.5 Å². The van der Waals surface area contributed by atoms with Crippen LogP contribution in [-0.2, 0) is 14.3 Å². The summed E-state index contributed by atoms with van der Waals surface area (Å²) in [6.07, 6.45) is 111. The lowest BCUT2D eigenvalue weighted by Crippen LogP contribution is -2.45. The number of aliphatic hydroxyl groups is 2. The van der Waals surface area contributed by atoms with Gasteiger partial charge in [-0.15, -0.1) is 0 Å². The van der Waals surface area contributed by atoms with Gasteiger partial charge in [0.25, 0.3) is 0 Å². The fourth-order valence-corrected chi connectivity index (χ4v) is 14.8. The van der Waals surface area contributed by atoms with Crippen molar-refractivity contribution in [1.29, 1.82) is 0 Å². The molecule has 572 valence electrons. The first-order chi connectivity index (χ1) is 47.5. The summed E-state index contributed by atoms with van der Waals surface area (Å²) in [7, 11) is 0. The van der Waals surface area contributed by atoms with Crippen LogP contribution in [0.15, 0.2) is 12.2 Å². The van der Waals surface area contributed by atoms with Gasteiger partial charge in [-0.2, -0.15) is 0 Å². The van der Waals surface area contributed by atoms with Gasteiger partial charge in [-0.1, -0.05) is 475 Å². The van der Waals surface area contributed by atoms with Gasteiger partial charge in [-0.05, 0) is 51.4 Å². The largest absolute Gasteiger partial charge is 0.466 e. The first kappa shape index (κ1) is 94.6. The second kappa shape index (κ2) is 86.0. The molecular weight excluding hydrogens is 1170 g/mol. The molecule has 0 aromatic carbocycles. The van der Waals surface area contributed by atoms with Crippen molar-refractivity contribution in [3.05, 3.63) is 12.2 Å². The van der Waals surface area contributed by atoms with Crippen molar-refractivity contribution in [1.82, 2.24) is 5.32 Å². The number of carbonyl (C=O) groups excluding carboxylic acids is 2. The quantitative estimate of drug-likeness (QED) is 0.0320. The van der Waals surface area contributed by atoms with Crippen LogP contribution in [0.1, 0.15) is 528 Å². The summed E-state index contributed by atoms with van der Waals surface area (Å²) < 4.78 is 5.52. The molecular formula is C90H177NO5. The van der Waals surface area contributed by atoms with Crippen LogP contribution in [0.5, 0.6) is 0 Å². The summed E-state index contributed by atoms with van der Waals surface area (Å²) in [5.74, 6) is 0.00401. The highest BCUT2D eigenvalue weighted by atomic mass is 16.5. The summed E-state index contributed by atoms with van der Waals surface area (Å²) in [5.41, 5.74) is 0. The third-order valence-corrected chi connectivity index (χ3v) is 21.6. The predicted molar refractivity (Wildman–Crippen MR) is 426 cm³/mol. The van der Waals surface area contributed by atoms with Crippen LogP contribution in [0.4, 0.5) is 0 Å². The average molecular weight is 1350 g/mol. The minimum Gasteiger partial charge on any atom is -0.466 e. The lowest BCUT2D eigenvalue weighted by Gasteiger charge is -2.22. The Labute approximate surface area is 603 Å². The molecule has 2 unspecified atom stereocenters. The molecule has 0 radical (unpaired) electrons. The zero-order chi connectivity index (χ0) is 69.1. The van der Waals surface area contributed by atoms with Crippen LogP contribution in [0.25, 0.3) is 0 Å². The molecule has 6 nitrogen and oxygen atoms in total. The van der Waals surface area contributed by atoms with Crippen LogP contribution in [0.2, 0.25) is 0 Å². The molecule has 3 N–H and O–H groups in total. The van der Waals surface area contributed by atoms with Crippen molar-refractivity contribution in [3.8, 4) is 0 Å². The molecule has 0 aliphatic heterocycles. The first-order valence-electron chi connectivity index (χ1n) is 44.9. The standard InChI is InChI=1S/C90H177NO5/c1-3-5-7-9-11-13-15-17-19-21-22-23-41-44-47-51-54-58-62-66-70-74-78-82-88(93)87(86-92)91-89(94)83-79-75-71-67-63-59-55-52-48-45-42-39-37-35-33-31-29-27-25-24-26-28-30-32-34-36-38-40-43-46-49-53-57-61-65-69-73-77-81-85-96-90(95)84-80-76-72-68-64-60-56-50-20-18-16-14-12-10-8-6-4-2/h24-25,87-88,92-93H,3-23,26-86H2,1-2H3,(H,91,94)/b25-24-. The molecule has 6 heteroatoms. The van der Waals surface area contributed by atoms with Gasteiger partial charge in [0.15, 0.2) is 0 Å². The first-order valence-corrected chi connectivity index (χ1v) is 44.9. The van der Waals surface area contributed by atoms with E-state index >= 15 is 0 Å². The Bertz CT molecular complexity index is 1470. The second-order valence-electron chi connectivity index (χ2n) is 31.3. The van der Waals surface area contributed by atoms with Crippen LogP contribution < -0.4 is 5.32 Å². The number of amides is 1. The maximum Gasteiger partial charge on any atom is 0.305 e. The fourth-order valence-electron chi connectivity index (χ4n) is 14.8. The molecule has 0 bridgehead atoms. The van der Waals surface area contributed by atoms with Crippen molar-refractivity contribution < 1.29 is 24.5 Å². The van der Waals surface area contributed by atoms with Crippen molar-refractivity contribution in [2.45, 2.75) is 540 Å². The number of allylic oxidation sites excluding steroid dienone is 2. The number of carbonyl (C=O) groups is 2. The highest BCUT2D eigenvalue weighted by molar-refractivity contribution is 5.76. The van der Waals surface area contributed by atoms with E-state index in [-0.39, 0.29) is 18.5 Å². The molecule has 0 spiro atoms. The number of hydrogen-bond donors (Lipinski definition) is 3. The SMILES string of the molecule is CCCCCCCCCCCCCCCCCCCCCCCCCC(O)C(CO)NC(=O)CCCCCCCCCCCCCCCCCCC/C=C\CCCCCCCCCCCCCCCCCCCCOC(=O)CCCCCCCCCCCCCCCCCCC. The molecule has 0 saturated carbocycles. The van der Waals surface area contributed by atoms with Crippen LogP contribution in [0.3, 0.4) is 0 Å². The maximum absolute atomic E-state index is 12.6. The van der Waals surface area contributed by atoms with Crippen LogP contribution >= 0.6 is 0 Å². The van der Waals surface area contributed by atoms with Crippen molar-refractivity contribution in [3.63, 3.8) is 0 Å². The zero-order valence-corrected chi connectivity index (χ0v) is 65.9. The molecule has 0 heterocycles. The lowest BCUT2D eigenvalue weighted by molar-refractivity contribution is -0.143. The summed E-state index contributed by atoms with van der Waals surface area (Å²) in [5, 5.41) is 23.5. The van der Waals surface area contributed by atoms with Crippen LogP contribution in [0, 0.1) is 0 Å². The molecule has 0 fully saturated rings. The summed E-state index contributed by atoms with van der Waals surface area (Å²) >= 11 is 0. The van der Waals surface area contributed by atoms with Gasteiger partial charge >= 0.3 is 5.97 Å². The van der Waals surface area contributed by atoms with Crippen molar-refractivity contribution >= 4 is 11.9 Å². The zero-order valence-electron chi connectivity index (χ0n) is 65.9. The molecule has 96 heavy (non-hydrogen) atoms. The van der Waals surface area contributed by atoms with Gasteiger partial charge in [0.1, 0.15) is 0 Å². The monoisotopic (exact) mass is 1350 g/mol. The Hall–Kier alpha value is -1.40. The third-order valence-electron chi connectivity index (χ3n) is 21.6. The Balaban J connectivity index is 3.31. The summed E-state index contributed by atoms with van der Waals surface area (Å²) in [6.45, 7) is 5.03. The molecule has 0 saturated heterocycles. The van der Waals surface area contributed by atoms with Crippen molar-refractivity contribution in [2.75, 3.05) is 13.2 Å². The highest BCUT2D eigenvalue weighted by Crippen LogP contribution is 2.21. The minimum atomic E-state index is -0.662. The minimum absolute atomic E-state index is 0.0240. The Morgan fingerprint density at radius 3 is 0.740 bits per heavy atom. The summed E-state index contributed by atoms with van der Waals surface area (Å²) in [4.78, 5) is 24.7. The van der Waals surface area contributed by atoms with E-state index in [1.165, 1.54) is 456 Å². The number of rotatable bonds is 86. The normalized spacial score (nSPS) is 12.4. The molecule has 0 rings (SSSR count). The van der Waals surface area contributed by atoms with E-state index in [2.05, 4.69) is 31.3 Å². The molecule has 0 aliphatic rings. The number of nitrogens with one attached hydrogen (secondary N) is 1. The van der Waals surface area contributed by atoms with E-state index < -0.39 is 12.1 Å². The van der Waals surface area contributed by atoms with Crippen molar-refractivity contribution in [2.24, 2.45) is 0 Å². The number of hydrogen-bond acceptors (Lipinski definition) is 5. The number of unbranched alkanes of at least 4 members (excludes halogenated alkanes) is 73. The van der Waals surface area contributed by atoms with Gasteiger partial charge in [0, 0.05) is 12.8 Å². The Morgan fingerprint density at radius 1 is 0.281 bits per heavy atom. The molecule has 0 aromatic heterocycles. The van der Waals surface area contributed by atoms with E-state index in [1.54, 1.807) is 0 Å². The fraction of sp³-hybridized carbons (Fsp3) is 0.956. The van der Waals surface area contributed by atoms with Gasteiger partial charge in [-0.25, -0.2) is 0 Å². The van der Waals surface area contributed by atoms with Gasteiger partial charge in [0.2, 0.25) is 5.91 Å². The third kappa shape index (κ3) is 81.6. The predicted octanol–water partition coefficient (Wildman–Crippen LogP) is 30.2. The topological polar surface area (TPSA) is 95.9 Å². The molecule has 0 aliphatic carbocycles. The Kier molecular flexibility index (Phi) is 84.8. The smallest absolute Gasteiger partial charge is 0.305 e. The molecule has 2 atom stereocenters. The van der Waals surface area contributed by atoms with E-state index in [4.69, 9.17) is 4.74 Å². The van der Waals surface area contributed by atoms with Gasteiger partial charge in [0.05, 0.1) is 25.4 Å². The highest BCUT2D eigenvalue weighted by Gasteiger charge is 2.20. The Morgan fingerprint density at radius 2 is 0.490 bits per heavy atom. The average Bonchev–Trinajstić information content (AvgIpc) is 3.00. The summed E-state index contributed by atoms with van der Waals surface area (Å²) in [6, 6.07) is -0.539. The number of esters is 1. The lowest BCUT2D eigenvalue weighted by atomic mass is 10.0. The van der Waals surface area contributed by atoms with E-state index in [0.29, 0.717) is 25.9 Å². The van der Waals surface area contributed by atoms with Crippen LogP contribution in [-0.4, -0.2) is 47.4 Å². The number of aliphatic hydroxyl groups excluding tert-OH is 2. The number of ether oxygens (including phenoxy) is 1. The maximum atomic E-state index is 12.6. The van der Waals surface area contributed by atoms with Gasteiger partial charge < -0.3 is 20.3 Å². The van der Waals surface area contributed by atoms with Gasteiger partial charge in [-0.3, -0.25) is 9.59 Å². The van der Waals surface area contributed by atoms with E-state index in [1.807, 2.05) is 0 Å². The van der Waals surface area contributed by atoms with E-state index in [9.17, 15) is 19.8 Å². The second-order valence-corrected chi connectivity index (χ2v) is 31.3.